The van der Waals surface area contributed by atoms with Crippen molar-refractivity contribution in [3.8, 4) is 0 Å². The van der Waals surface area contributed by atoms with Crippen molar-refractivity contribution in [2.75, 3.05) is 0 Å². The Labute approximate surface area is 101 Å². The van der Waals surface area contributed by atoms with Crippen LogP contribution in [0.15, 0.2) is 0 Å². The van der Waals surface area contributed by atoms with Gasteiger partial charge >= 0.3 is 0 Å². The summed E-state index contributed by atoms with van der Waals surface area (Å²) in [4.78, 5) is 0. The highest BCUT2D eigenvalue weighted by molar-refractivity contribution is 4.90. The van der Waals surface area contributed by atoms with Gasteiger partial charge in [-0.1, -0.05) is 33.1 Å². The topological polar surface area (TPSA) is 20.2 Å². The lowest BCUT2D eigenvalue weighted by Gasteiger charge is -2.43. The summed E-state index contributed by atoms with van der Waals surface area (Å²) in [6.07, 6.45) is 8.99. The maximum Gasteiger partial charge on any atom is 0.0650 e. The molecule has 2 aliphatic carbocycles. The van der Waals surface area contributed by atoms with Crippen LogP contribution in [-0.4, -0.2) is 10.7 Å². The zero-order chi connectivity index (χ0) is 11.8. The van der Waals surface area contributed by atoms with Gasteiger partial charge in [-0.3, -0.25) is 0 Å². The molecule has 2 rings (SSSR count). The Morgan fingerprint density at radius 2 is 1.62 bits per heavy atom. The van der Waals surface area contributed by atoms with Gasteiger partial charge in [0.15, 0.2) is 0 Å². The predicted octanol–water partition coefficient (Wildman–Crippen LogP) is 4.00. The monoisotopic (exact) mass is 224 g/mol. The number of rotatable bonds is 3. The van der Waals surface area contributed by atoms with Crippen molar-refractivity contribution in [2.45, 2.75) is 71.3 Å². The average Bonchev–Trinajstić information content (AvgIpc) is 2.10. The SMILES string of the molecule is CC1CC(C)CC(C(C)(O)CC2CCC2)C1. The van der Waals surface area contributed by atoms with Crippen molar-refractivity contribution in [3.05, 3.63) is 0 Å². The Morgan fingerprint density at radius 1 is 1.06 bits per heavy atom. The van der Waals surface area contributed by atoms with E-state index in [1.54, 1.807) is 0 Å². The highest BCUT2D eigenvalue weighted by Gasteiger charge is 2.39. The molecule has 3 atom stereocenters. The molecule has 0 aromatic rings. The van der Waals surface area contributed by atoms with Crippen LogP contribution in [0.2, 0.25) is 0 Å². The highest BCUT2D eigenvalue weighted by atomic mass is 16.3. The third-order valence-electron chi connectivity index (χ3n) is 4.98. The summed E-state index contributed by atoms with van der Waals surface area (Å²) in [5, 5.41) is 10.7. The van der Waals surface area contributed by atoms with Gasteiger partial charge in [0.1, 0.15) is 0 Å². The summed E-state index contributed by atoms with van der Waals surface area (Å²) in [6.45, 7) is 6.80. The fourth-order valence-corrected chi connectivity index (χ4v) is 3.90. The van der Waals surface area contributed by atoms with Crippen molar-refractivity contribution in [1.82, 2.24) is 0 Å². The Balaban J connectivity index is 1.92. The standard InChI is InChI=1S/C15H28O/c1-11-7-12(2)9-14(8-11)15(3,16)10-13-5-4-6-13/h11-14,16H,4-10H2,1-3H3. The van der Waals surface area contributed by atoms with Crippen LogP contribution in [0, 0.1) is 23.7 Å². The summed E-state index contributed by atoms with van der Waals surface area (Å²) >= 11 is 0. The van der Waals surface area contributed by atoms with E-state index in [2.05, 4.69) is 20.8 Å². The molecule has 2 saturated carbocycles. The van der Waals surface area contributed by atoms with Crippen LogP contribution in [0.4, 0.5) is 0 Å². The van der Waals surface area contributed by atoms with E-state index in [1.807, 2.05) is 0 Å². The summed E-state index contributed by atoms with van der Waals surface area (Å²) in [6, 6.07) is 0. The van der Waals surface area contributed by atoms with Crippen molar-refractivity contribution >= 4 is 0 Å². The largest absolute Gasteiger partial charge is 0.390 e. The molecule has 1 N–H and O–H groups in total. The van der Waals surface area contributed by atoms with E-state index in [1.165, 1.54) is 38.5 Å². The molecule has 0 spiro atoms. The smallest absolute Gasteiger partial charge is 0.0650 e. The maximum absolute atomic E-state index is 10.7. The number of hydrogen-bond donors (Lipinski definition) is 1. The van der Waals surface area contributed by atoms with Gasteiger partial charge in [-0.15, -0.1) is 0 Å². The van der Waals surface area contributed by atoms with Crippen molar-refractivity contribution in [1.29, 1.82) is 0 Å². The molecule has 0 radical (unpaired) electrons. The van der Waals surface area contributed by atoms with E-state index in [0.29, 0.717) is 5.92 Å². The average molecular weight is 224 g/mol. The quantitative estimate of drug-likeness (QED) is 0.768. The van der Waals surface area contributed by atoms with Crippen LogP contribution in [0.1, 0.15) is 65.7 Å². The van der Waals surface area contributed by atoms with Crippen LogP contribution < -0.4 is 0 Å². The van der Waals surface area contributed by atoms with Crippen molar-refractivity contribution < 1.29 is 5.11 Å². The second kappa shape index (κ2) is 4.68. The molecule has 2 fully saturated rings. The van der Waals surface area contributed by atoms with Crippen LogP contribution in [0.5, 0.6) is 0 Å². The van der Waals surface area contributed by atoms with Crippen LogP contribution in [0.3, 0.4) is 0 Å². The molecule has 3 unspecified atom stereocenters. The molecular weight excluding hydrogens is 196 g/mol. The highest BCUT2D eigenvalue weighted by Crippen LogP contribution is 2.43. The Bertz CT molecular complexity index is 220. The first kappa shape index (κ1) is 12.4. The molecular formula is C15H28O. The van der Waals surface area contributed by atoms with Crippen molar-refractivity contribution in [2.24, 2.45) is 23.7 Å². The lowest BCUT2D eigenvalue weighted by Crippen LogP contribution is -2.41. The van der Waals surface area contributed by atoms with E-state index in [0.717, 1.165) is 24.2 Å². The van der Waals surface area contributed by atoms with E-state index in [4.69, 9.17) is 0 Å². The normalized spacial score (nSPS) is 40.1. The fraction of sp³-hybridized carbons (Fsp3) is 1.00. The third kappa shape index (κ3) is 2.80. The van der Waals surface area contributed by atoms with Gasteiger partial charge in [0, 0.05) is 0 Å². The number of hydrogen-bond acceptors (Lipinski definition) is 1. The van der Waals surface area contributed by atoms with Gasteiger partial charge in [-0.25, -0.2) is 0 Å². The van der Waals surface area contributed by atoms with E-state index >= 15 is 0 Å². The van der Waals surface area contributed by atoms with Gasteiger partial charge in [-0.05, 0) is 56.3 Å². The minimum atomic E-state index is -0.395. The molecule has 94 valence electrons. The van der Waals surface area contributed by atoms with Crippen molar-refractivity contribution in [3.63, 3.8) is 0 Å². The molecule has 0 saturated heterocycles. The maximum atomic E-state index is 10.7. The third-order valence-corrected chi connectivity index (χ3v) is 4.98. The van der Waals surface area contributed by atoms with E-state index in [9.17, 15) is 5.11 Å². The second-order valence-electron chi connectivity index (χ2n) is 6.97. The molecule has 1 heteroatoms. The van der Waals surface area contributed by atoms with Gasteiger partial charge in [0.25, 0.3) is 0 Å². The summed E-state index contributed by atoms with van der Waals surface area (Å²) in [5.74, 6) is 2.98. The van der Waals surface area contributed by atoms with E-state index in [-0.39, 0.29) is 0 Å². The second-order valence-corrected chi connectivity index (χ2v) is 6.97. The first-order valence-corrected chi connectivity index (χ1v) is 7.19. The first-order valence-electron chi connectivity index (χ1n) is 7.19. The minimum Gasteiger partial charge on any atom is -0.390 e. The fourth-order valence-electron chi connectivity index (χ4n) is 3.90. The molecule has 2 aliphatic rings. The lowest BCUT2D eigenvalue weighted by molar-refractivity contribution is -0.0581. The van der Waals surface area contributed by atoms with Crippen LogP contribution >= 0.6 is 0 Å². The van der Waals surface area contributed by atoms with Gasteiger partial charge in [0.2, 0.25) is 0 Å². The molecule has 0 aliphatic heterocycles. The molecule has 0 heterocycles. The van der Waals surface area contributed by atoms with Gasteiger partial charge in [-0.2, -0.15) is 0 Å². The summed E-state index contributed by atoms with van der Waals surface area (Å²) in [7, 11) is 0. The minimum absolute atomic E-state index is 0.395. The lowest BCUT2D eigenvalue weighted by atomic mass is 9.66. The Hall–Kier alpha value is -0.0400. The molecule has 16 heavy (non-hydrogen) atoms. The summed E-state index contributed by atoms with van der Waals surface area (Å²) in [5.41, 5.74) is -0.395. The van der Waals surface area contributed by atoms with Gasteiger partial charge in [0.05, 0.1) is 5.60 Å². The molecule has 0 bridgehead atoms. The van der Waals surface area contributed by atoms with Crippen LogP contribution in [0.25, 0.3) is 0 Å². The van der Waals surface area contributed by atoms with Crippen LogP contribution in [-0.2, 0) is 0 Å². The summed E-state index contributed by atoms with van der Waals surface area (Å²) < 4.78 is 0. The Morgan fingerprint density at radius 3 is 2.06 bits per heavy atom. The molecule has 0 aromatic heterocycles. The molecule has 0 aromatic carbocycles. The predicted molar refractivity (Wildman–Crippen MR) is 68.3 cm³/mol. The van der Waals surface area contributed by atoms with Gasteiger partial charge < -0.3 is 5.11 Å². The first-order chi connectivity index (χ1) is 7.47. The molecule has 0 amide bonds. The zero-order valence-corrected chi connectivity index (χ0v) is 11.2. The Kier molecular flexibility index (Phi) is 3.63. The van der Waals surface area contributed by atoms with E-state index < -0.39 is 5.60 Å². The molecule has 1 nitrogen and oxygen atoms in total. The zero-order valence-electron chi connectivity index (χ0n) is 11.2. The number of aliphatic hydroxyl groups is 1.